The summed E-state index contributed by atoms with van der Waals surface area (Å²) < 4.78 is 0. The third kappa shape index (κ3) is 2.83. The van der Waals surface area contributed by atoms with E-state index in [1.807, 2.05) is 6.07 Å². The van der Waals surface area contributed by atoms with Crippen molar-refractivity contribution in [1.82, 2.24) is 15.3 Å². The number of aromatic nitrogens is 2. The Morgan fingerprint density at radius 1 is 1.23 bits per heavy atom. The van der Waals surface area contributed by atoms with Crippen LogP contribution in [0.15, 0.2) is 36.4 Å². The Bertz CT molecular complexity index is 815. The van der Waals surface area contributed by atoms with Gasteiger partial charge in [0.1, 0.15) is 5.82 Å². The molecular formula is C17H16ClN3O. The molecule has 3 aromatic rings. The molecule has 3 rings (SSSR count). The minimum atomic E-state index is -0.210. The van der Waals surface area contributed by atoms with E-state index >= 15 is 0 Å². The molecule has 0 fully saturated rings. The zero-order chi connectivity index (χ0) is 15.7. The Kier molecular flexibility index (Phi) is 3.86. The molecule has 112 valence electrons. The quantitative estimate of drug-likeness (QED) is 0.773. The number of fused-ring (bicyclic) bond motifs is 1. The van der Waals surface area contributed by atoms with Crippen LogP contribution in [0.25, 0.3) is 11.0 Å². The van der Waals surface area contributed by atoms with Crippen molar-refractivity contribution in [3.05, 3.63) is 63.9 Å². The molecule has 22 heavy (non-hydrogen) atoms. The summed E-state index contributed by atoms with van der Waals surface area (Å²) >= 11 is 6.02. The third-order valence-electron chi connectivity index (χ3n) is 3.68. The molecule has 0 aliphatic rings. The van der Waals surface area contributed by atoms with Crippen molar-refractivity contribution >= 4 is 28.5 Å². The lowest BCUT2D eigenvalue weighted by Crippen LogP contribution is -2.23. The van der Waals surface area contributed by atoms with Crippen LogP contribution in [0.2, 0.25) is 5.02 Å². The first kappa shape index (κ1) is 14.6. The van der Waals surface area contributed by atoms with Gasteiger partial charge in [-0.25, -0.2) is 4.98 Å². The summed E-state index contributed by atoms with van der Waals surface area (Å²) in [7, 11) is 0. The maximum atomic E-state index is 12.1. The van der Waals surface area contributed by atoms with Crippen LogP contribution in [0.4, 0.5) is 0 Å². The largest absolute Gasteiger partial charge is 0.345 e. The molecule has 0 bridgehead atoms. The van der Waals surface area contributed by atoms with Crippen molar-refractivity contribution in [2.75, 3.05) is 0 Å². The highest BCUT2D eigenvalue weighted by molar-refractivity contribution is 6.33. The van der Waals surface area contributed by atoms with Crippen LogP contribution in [0.3, 0.4) is 0 Å². The van der Waals surface area contributed by atoms with Gasteiger partial charge >= 0.3 is 0 Å². The number of carbonyl (C=O) groups is 1. The summed E-state index contributed by atoms with van der Waals surface area (Å²) in [6.07, 6.45) is 0. The topological polar surface area (TPSA) is 57.8 Å². The highest BCUT2D eigenvalue weighted by Gasteiger charge is 2.10. The van der Waals surface area contributed by atoms with Gasteiger partial charge in [-0.2, -0.15) is 0 Å². The van der Waals surface area contributed by atoms with E-state index < -0.39 is 0 Å². The molecule has 4 nitrogen and oxygen atoms in total. The molecule has 0 aliphatic carbocycles. The van der Waals surface area contributed by atoms with Crippen LogP contribution < -0.4 is 5.32 Å². The molecule has 1 aromatic heterocycles. The van der Waals surface area contributed by atoms with Crippen LogP contribution in [-0.4, -0.2) is 15.9 Å². The molecule has 2 N–H and O–H groups in total. The predicted octanol–water partition coefficient (Wildman–Crippen LogP) is 3.76. The number of hydrogen-bond acceptors (Lipinski definition) is 2. The van der Waals surface area contributed by atoms with Crippen LogP contribution in [-0.2, 0) is 6.54 Å². The molecule has 1 amide bonds. The number of imidazole rings is 1. The Balaban J connectivity index is 1.77. The maximum absolute atomic E-state index is 12.1. The fraction of sp³-hybridized carbons (Fsp3) is 0.176. The summed E-state index contributed by atoms with van der Waals surface area (Å²) in [6.45, 7) is 4.45. The first-order valence-corrected chi connectivity index (χ1v) is 7.41. The van der Waals surface area contributed by atoms with Gasteiger partial charge < -0.3 is 10.3 Å². The van der Waals surface area contributed by atoms with Gasteiger partial charge in [0.15, 0.2) is 0 Å². The monoisotopic (exact) mass is 313 g/mol. The molecule has 0 saturated carbocycles. The van der Waals surface area contributed by atoms with Crippen LogP contribution in [0, 0.1) is 13.8 Å². The van der Waals surface area contributed by atoms with Gasteiger partial charge in [0.05, 0.1) is 28.2 Å². The Hall–Kier alpha value is -2.33. The number of nitrogens with zero attached hydrogens (tertiary/aromatic N) is 1. The molecule has 0 radical (unpaired) electrons. The summed E-state index contributed by atoms with van der Waals surface area (Å²) in [5, 5.41) is 3.27. The summed E-state index contributed by atoms with van der Waals surface area (Å²) in [5.74, 6) is 0.513. The highest BCUT2D eigenvalue weighted by Crippen LogP contribution is 2.18. The number of rotatable bonds is 3. The van der Waals surface area contributed by atoms with Crippen molar-refractivity contribution in [3.8, 4) is 0 Å². The van der Waals surface area contributed by atoms with Gasteiger partial charge in [-0.3, -0.25) is 4.79 Å². The number of halogens is 1. The zero-order valence-electron chi connectivity index (χ0n) is 12.4. The molecule has 5 heteroatoms. The first-order valence-electron chi connectivity index (χ1n) is 7.03. The number of hydrogen-bond donors (Lipinski definition) is 2. The number of nitrogens with one attached hydrogen (secondary N) is 2. The van der Waals surface area contributed by atoms with Crippen molar-refractivity contribution in [1.29, 1.82) is 0 Å². The molecule has 2 aromatic carbocycles. The second kappa shape index (κ2) is 5.81. The maximum Gasteiger partial charge on any atom is 0.253 e. The first-order chi connectivity index (χ1) is 10.5. The zero-order valence-corrected chi connectivity index (χ0v) is 13.2. The van der Waals surface area contributed by atoms with Crippen molar-refractivity contribution in [3.63, 3.8) is 0 Å². The van der Waals surface area contributed by atoms with Crippen molar-refractivity contribution < 1.29 is 4.79 Å². The summed E-state index contributed by atoms with van der Waals surface area (Å²) in [4.78, 5) is 19.9. The average molecular weight is 314 g/mol. The number of aromatic amines is 1. The van der Waals surface area contributed by atoms with Crippen LogP contribution >= 0.6 is 11.6 Å². The van der Waals surface area contributed by atoms with Crippen LogP contribution in [0.5, 0.6) is 0 Å². The van der Waals surface area contributed by atoms with Crippen molar-refractivity contribution in [2.24, 2.45) is 0 Å². The fourth-order valence-electron chi connectivity index (χ4n) is 2.31. The number of amides is 1. The van der Waals surface area contributed by atoms with Gasteiger partial charge in [0.25, 0.3) is 5.91 Å². The molecule has 0 aliphatic heterocycles. The number of H-pyrrole nitrogens is 1. The number of aryl methyl sites for hydroxylation is 2. The minimum Gasteiger partial charge on any atom is -0.345 e. The molecule has 0 unspecified atom stereocenters. The summed E-state index contributed by atoms with van der Waals surface area (Å²) in [5.41, 5.74) is 4.76. The Morgan fingerprint density at radius 3 is 2.73 bits per heavy atom. The third-order valence-corrected chi connectivity index (χ3v) is 4.01. The SMILES string of the molecule is Cc1cc2nc(CNC(=O)c3ccccc3Cl)[nH]c2cc1C. The smallest absolute Gasteiger partial charge is 0.253 e. The standard InChI is InChI=1S/C17H16ClN3O/c1-10-7-14-15(8-11(10)2)21-16(20-14)9-19-17(22)12-5-3-4-6-13(12)18/h3-8H,9H2,1-2H3,(H,19,22)(H,20,21). The second-order valence-electron chi connectivity index (χ2n) is 5.30. The summed E-state index contributed by atoms with van der Waals surface area (Å²) in [6, 6.07) is 11.1. The molecule has 0 saturated heterocycles. The van der Waals surface area contributed by atoms with E-state index in [2.05, 4.69) is 35.2 Å². The minimum absolute atomic E-state index is 0.210. The van der Waals surface area contributed by atoms with E-state index in [0.717, 1.165) is 16.9 Å². The van der Waals surface area contributed by atoms with E-state index in [1.54, 1.807) is 24.3 Å². The highest BCUT2D eigenvalue weighted by atomic mass is 35.5. The van der Waals surface area contributed by atoms with Gasteiger partial charge in [0.2, 0.25) is 0 Å². The predicted molar refractivity (Wildman–Crippen MR) is 88.2 cm³/mol. The van der Waals surface area contributed by atoms with E-state index in [1.165, 1.54) is 11.1 Å². The normalized spacial score (nSPS) is 10.9. The lowest BCUT2D eigenvalue weighted by molar-refractivity contribution is 0.0950. The van der Waals surface area contributed by atoms with Gasteiger partial charge in [-0.15, -0.1) is 0 Å². The molecule has 0 atom stereocenters. The van der Waals surface area contributed by atoms with Crippen LogP contribution in [0.1, 0.15) is 27.3 Å². The van der Waals surface area contributed by atoms with Gasteiger partial charge in [-0.1, -0.05) is 23.7 Å². The second-order valence-corrected chi connectivity index (χ2v) is 5.71. The van der Waals surface area contributed by atoms with E-state index in [-0.39, 0.29) is 5.91 Å². The van der Waals surface area contributed by atoms with E-state index in [0.29, 0.717) is 17.1 Å². The van der Waals surface area contributed by atoms with Gasteiger partial charge in [0, 0.05) is 0 Å². The Morgan fingerprint density at radius 2 is 1.95 bits per heavy atom. The lowest BCUT2D eigenvalue weighted by Gasteiger charge is -2.04. The van der Waals surface area contributed by atoms with Gasteiger partial charge in [-0.05, 0) is 49.2 Å². The molecule has 1 heterocycles. The fourth-order valence-corrected chi connectivity index (χ4v) is 2.53. The average Bonchev–Trinajstić information content (AvgIpc) is 2.87. The molecule has 0 spiro atoms. The Labute approximate surface area is 133 Å². The van der Waals surface area contributed by atoms with E-state index in [4.69, 9.17) is 11.6 Å². The van der Waals surface area contributed by atoms with Crippen molar-refractivity contribution in [2.45, 2.75) is 20.4 Å². The molecular weight excluding hydrogens is 298 g/mol. The number of carbonyl (C=O) groups excluding carboxylic acids is 1. The number of benzene rings is 2. The van der Waals surface area contributed by atoms with E-state index in [9.17, 15) is 4.79 Å². The lowest BCUT2D eigenvalue weighted by atomic mass is 10.1.